The van der Waals surface area contributed by atoms with Crippen molar-refractivity contribution in [3.63, 3.8) is 0 Å². The molecule has 0 fully saturated rings. The molecule has 15 heavy (non-hydrogen) atoms. The number of hydrogen-bond acceptors (Lipinski definition) is 1. The molecule has 0 unspecified atom stereocenters. The molecule has 0 heterocycles. The fraction of sp³-hybridized carbons (Fsp3) is 0.0833. The van der Waals surface area contributed by atoms with E-state index < -0.39 is 5.97 Å². The van der Waals surface area contributed by atoms with Gasteiger partial charge in [0, 0.05) is 6.08 Å². The molecular weight excluding hydrogens is 195 g/mol. The maximum absolute atomic E-state index is 12.5. The molecule has 2 nitrogen and oxygen atoms in total. The van der Waals surface area contributed by atoms with Crippen molar-refractivity contribution < 1.29 is 14.3 Å². The Morgan fingerprint density at radius 1 is 1.33 bits per heavy atom. The van der Waals surface area contributed by atoms with Crippen LogP contribution in [-0.2, 0) is 4.79 Å². The molecule has 1 aromatic rings. The summed E-state index contributed by atoms with van der Waals surface area (Å²) in [6, 6.07) is 5.96. The second-order valence-electron chi connectivity index (χ2n) is 3.11. The summed E-state index contributed by atoms with van der Waals surface area (Å²) in [6.07, 6.45) is 4.51. The minimum atomic E-state index is -0.976. The SMILES string of the molecule is CC(=CC(=O)O)/C=C/c1ccc(F)cc1. The lowest BCUT2D eigenvalue weighted by atomic mass is 10.1. The van der Waals surface area contributed by atoms with Gasteiger partial charge in [-0.05, 0) is 30.2 Å². The molecule has 0 aliphatic rings. The predicted octanol–water partition coefficient (Wildman–Crippen LogP) is 2.87. The lowest BCUT2D eigenvalue weighted by molar-refractivity contribution is -0.131. The summed E-state index contributed by atoms with van der Waals surface area (Å²) < 4.78 is 12.5. The molecule has 0 saturated carbocycles. The number of benzene rings is 1. The van der Waals surface area contributed by atoms with Gasteiger partial charge in [-0.1, -0.05) is 24.3 Å². The molecule has 1 rings (SSSR count). The first-order valence-electron chi connectivity index (χ1n) is 4.43. The van der Waals surface area contributed by atoms with Crippen molar-refractivity contribution in [1.29, 1.82) is 0 Å². The van der Waals surface area contributed by atoms with Crippen molar-refractivity contribution in [1.82, 2.24) is 0 Å². The summed E-state index contributed by atoms with van der Waals surface area (Å²) in [6.45, 7) is 1.69. The zero-order valence-corrected chi connectivity index (χ0v) is 8.27. The van der Waals surface area contributed by atoms with E-state index in [9.17, 15) is 9.18 Å². The van der Waals surface area contributed by atoms with Gasteiger partial charge < -0.3 is 5.11 Å². The molecule has 0 amide bonds. The minimum Gasteiger partial charge on any atom is -0.478 e. The number of hydrogen-bond donors (Lipinski definition) is 1. The van der Waals surface area contributed by atoms with Crippen LogP contribution in [0.2, 0.25) is 0 Å². The van der Waals surface area contributed by atoms with Gasteiger partial charge in [-0.2, -0.15) is 0 Å². The molecule has 0 bridgehead atoms. The largest absolute Gasteiger partial charge is 0.478 e. The zero-order valence-electron chi connectivity index (χ0n) is 8.27. The Balaban J connectivity index is 2.73. The van der Waals surface area contributed by atoms with E-state index in [0.717, 1.165) is 11.6 Å². The molecule has 3 heteroatoms. The van der Waals surface area contributed by atoms with E-state index in [1.54, 1.807) is 31.2 Å². The first-order valence-corrected chi connectivity index (χ1v) is 4.43. The Kier molecular flexibility index (Phi) is 3.80. The van der Waals surface area contributed by atoms with Crippen molar-refractivity contribution in [2.45, 2.75) is 6.92 Å². The average Bonchev–Trinajstić information content (AvgIpc) is 2.16. The molecule has 1 aromatic carbocycles. The molecule has 0 spiro atoms. The van der Waals surface area contributed by atoms with Gasteiger partial charge in [0.2, 0.25) is 0 Å². The molecule has 0 aliphatic heterocycles. The van der Waals surface area contributed by atoms with E-state index in [1.165, 1.54) is 12.1 Å². The Morgan fingerprint density at radius 2 is 1.93 bits per heavy atom. The summed E-state index contributed by atoms with van der Waals surface area (Å²) in [4.78, 5) is 10.3. The molecule has 0 atom stereocenters. The van der Waals surface area contributed by atoms with Gasteiger partial charge in [0.1, 0.15) is 5.82 Å². The van der Waals surface area contributed by atoms with Gasteiger partial charge >= 0.3 is 5.97 Å². The number of carboxylic acid groups (broad SMARTS) is 1. The third kappa shape index (κ3) is 4.22. The average molecular weight is 206 g/mol. The van der Waals surface area contributed by atoms with E-state index in [-0.39, 0.29) is 5.82 Å². The van der Waals surface area contributed by atoms with Crippen LogP contribution in [0.25, 0.3) is 6.08 Å². The molecule has 78 valence electrons. The molecule has 0 saturated heterocycles. The minimum absolute atomic E-state index is 0.287. The molecule has 0 aromatic heterocycles. The van der Waals surface area contributed by atoms with E-state index in [0.29, 0.717) is 5.57 Å². The van der Waals surface area contributed by atoms with E-state index in [1.807, 2.05) is 0 Å². The Hall–Kier alpha value is -1.90. The standard InChI is InChI=1S/C12H11FO2/c1-9(8-12(14)15)2-3-10-4-6-11(13)7-5-10/h2-8H,1H3,(H,14,15)/b3-2+,9-8?. The van der Waals surface area contributed by atoms with Crippen LogP contribution >= 0.6 is 0 Å². The monoisotopic (exact) mass is 206 g/mol. The number of allylic oxidation sites excluding steroid dienone is 2. The number of rotatable bonds is 3. The highest BCUT2D eigenvalue weighted by atomic mass is 19.1. The number of aliphatic carboxylic acids is 1. The van der Waals surface area contributed by atoms with Gasteiger partial charge in [0.25, 0.3) is 0 Å². The highest BCUT2D eigenvalue weighted by molar-refractivity contribution is 5.81. The molecule has 0 aliphatic carbocycles. The fourth-order valence-corrected chi connectivity index (χ4v) is 1.04. The van der Waals surface area contributed by atoms with Crippen molar-refractivity contribution >= 4 is 12.0 Å². The second-order valence-corrected chi connectivity index (χ2v) is 3.11. The van der Waals surface area contributed by atoms with Gasteiger partial charge in [-0.25, -0.2) is 9.18 Å². The van der Waals surface area contributed by atoms with Gasteiger partial charge in [0.05, 0.1) is 0 Å². The highest BCUT2D eigenvalue weighted by Crippen LogP contribution is 2.06. The first kappa shape index (κ1) is 11.2. The van der Waals surface area contributed by atoms with Crippen molar-refractivity contribution in [3.05, 3.63) is 53.4 Å². The van der Waals surface area contributed by atoms with Crippen LogP contribution in [0.1, 0.15) is 12.5 Å². The normalized spacial score (nSPS) is 12.0. The number of carboxylic acids is 1. The van der Waals surface area contributed by atoms with Crippen LogP contribution in [0, 0.1) is 5.82 Å². The van der Waals surface area contributed by atoms with Gasteiger partial charge in [0.15, 0.2) is 0 Å². The van der Waals surface area contributed by atoms with E-state index >= 15 is 0 Å². The topological polar surface area (TPSA) is 37.3 Å². The Labute approximate surface area is 87.4 Å². The van der Waals surface area contributed by atoms with E-state index in [4.69, 9.17) is 5.11 Å². The lowest BCUT2D eigenvalue weighted by Gasteiger charge is -1.93. The smallest absolute Gasteiger partial charge is 0.328 e. The summed E-state index contributed by atoms with van der Waals surface area (Å²) in [5, 5.41) is 8.46. The molecular formula is C12H11FO2. The number of carbonyl (C=O) groups is 1. The third-order valence-electron chi connectivity index (χ3n) is 1.76. The summed E-state index contributed by atoms with van der Waals surface area (Å²) in [5.41, 5.74) is 1.46. The fourth-order valence-electron chi connectivity index (χ4n) is 1.04. The zero-order chi connectivity index (χ0) is 11.3. The van der Waals surface area contributed by atoms with Crippen LogP contribution in [0.3, 0.4) is 0 Å². The highest BCUT2D eigenvalue weighted by Gasteiger charge is 1.91. The van der Waals surface area contributed by atoms with Crippen LogP contribution in [0.5, 0.6) is 0 Å². The third-order valence-corrected chi connectivity index (χ3v) is 1.76. The van der Waals surface area contributed by atoms with Crippen molar-refractivity contribution in [3.8, 4) is 0 Å². The summed E-state index contributed by atoms with van der Waals surface area (Å²) >= 11 is 0. The maximum atomic E-state index is 12.5. The van der Waals surface area contributed by atoms with E-state index in [2.05, 4.69) is 0 Å². The summed E-state index contributed by atoms with van der Waals surface area (Å²) in [5.74, 6) is -1.26. The van der Waals surface area contributed by atoms with Gasteiger partial charge in [-0.15, -0.1) is 0 Å². The first-order chi connectivity index (χ1) is 7.08. The predicted molar refractivity (Wildman–Crippen MR) is 56.8 cm³/mol. The van der Waals surface area contributed by atoms with Crippen LogP contribution < -0.4 is 0 Å². The summed E-state index contributed by atoms with van der Waals surface area (Å²) in [7, 11) is 0. The molecule has 0 radical (unpaired) electrons. The van der Waals surface area contributed by atoms with Crippen LogP contribution in [0.15, 0.2) is 42.0 Å². The van der Waals surface area contributed by atoms with Crippen LogP contribution in [-0.4, -0.2) is 11.1 Å². The Bertz CT molecular complexity index is 402. The number of halogens is 1. The lowest BCUT2D eigenvalue weighted by Crippen LogP contribution is -1.87. The van der Waals surface area contributed by atoms with Gasteiger partial charge in [-0.3, -0.25) is 0 Å². The molecule has 1 N–H and O–H groups in total. The second kappa shape index (κ2) is 5.10. The maximum Gasteiger partial charge on any atom is 0.328 e. The quantitative estimate of drug-likeness (QED) is 0.610. The van der Waals surface area contributed by atoms with Crippen molar-refractivity contribution in [2.75, 3.05) is 0 Å². The van der Waals surface area contributed by atoms with Crippen molar-refractivity contribution in [2.24, 2.45) is 0 Å². The Morgan fingerprint density at radius 3 is 2.47 bits per heavy atom. The van der Waals surface area contributed by atoms with Crippen LogP contribution in [0.4, 0.5) is 4.39 Å².